The highest BCUT2D eigenvalue weighted by Gasteiger charge is 2.26. The van der Waals surface area contributed by atoms with E-state index >= 15 is 0 Å². The van der Waals surface area contributed by atoms with Crippen molar-refractivity contribution in [2.24, 2.45) is 0 Å². The molecule has 3 rings (SSSR count). The number of hydrogen-bond donors (Lipinski definition) is 1. The van der Waals surface area contributed by atoms with Gasteiger partial charge < -0.3 is 14.4 Å². The summed E-state index contributed by atoms with van der Waals surface area (Å²) in [5.41, 5.74) is -0.357. The molecule has 20 heavy (non-hydrogen) atoms. The van der Waals surface area contributed by atoms with Crippen LogP contribution < -0.4 is 10.2 Å². The number of carboxylic acids is 1. The Kier molecular flexibility index (Phi) is 2.57. The van der Waals surface area contributed by atoms with Crippen molar-refractivity contribution in [2.45, 2.75) is 19.9 Å². The summed E-state index contributed by atoms with van der Waals surface area (Å²) < 4.78 is 21.1. The lowest BCUT2D eigenvalue weighted by Gasteiger charge is -2.27. The summed E-state index contributed by atoms with van der Waals surface area (Å²) in [4.78, 5) is 23.4. The first-order valence-corrected chi connectivity index (χ1v) is 6.16. The molecule has 5 nitrogen and oxygen atoms in total. The van der Waals surface area contributed by atoms with Gasteiger partial charge in [-0.2, -0.15) is 0 Å². The third kappa shape index (κ3) is 1.54. The summed E-state index contributed by atoms with van der Waals surface area (Å²) in [6, 6.07) is 1.20. The first-order chi connectivity index (χ1) is 9.41. The molecule has 2 aromatic rings. The van der Waals surface area contributed by atoms with Crippen molar-refractivity contribution >= 4 is 16.9 Å². The minimum atomic E-state index is -1.29. The van der Waals surface area contributed by atoms with Gasteiger partial charge in [0.15, 0.2) is 11.6 Å². The Morgan fingerprint density at radius 3 is 2.90 bits per heavy atom. The van der Waals surface area contributed by atoms with Gasteiger partial charge in [-0.25, -0.2) is 9.18 Å². The molecular formula is C14H12FNO4. The van der Waals surface area contributed by atoms with Crippen LogP contribution in [0.15, 0.2) is 17.1 Å². The summed E-state index contributed by atoms with van der Waals surface area (Å²) in [5, 5.41) is 9.30. The van der Waals surface area contributed by atoms with E-state index in [1.807, 2.05) is 6.92 Å². The number of pyridine rings is 1. The van der Waals surface area contributed by atoms with Gasteiger partial charge in [-0.15, -0.1) is 0 Å². The molecule has 0 aliphatic carbocycles. The topological polar surface area (TPSA) is 68.5 Å². The summed E-state index contributed by atoms with van der Waals surface area (Å²) >= 11 is 0. The summed E-state index contributed by atoms with van der Waals surface area (Å²) in [6.07, 6.45) is 1.26. The van der Waals surface area contributed by atoms with Crippen molar-refractivity contribution in [3.05, 3.63) is 39.4 Å². The van der Waals surface area contributed by atoms with Crippen LogP contribution in [0.4, 0.5) is 4.39 Å². The quantitative estimate of drug-likeness (QED) is 0.866. The number of halogens is 1. The van der Waals surface area contributed by atoms with E-state index in [1.165, 1.54) is 19.2 Å². The third-order valence-corrected chi connectivity index (χ3v) is 3.57. The molecule has 0 saturated carbocycles. The number of aryl methyl sites for hydroxylation is 1. The fraction of sp³-hybridized carbons (Fsp3) is 0.286. The van der Waals surface area contributed by atoms with Crippen molar-refractivity contribution in [3.63, 3.8) is 0 Å². The van der Waals surface area contributed by atoms with Crippen LogP contribution in [-0.4, -0.2) is 22.2 Å². The monoisotopic (exact) mass is 277 g/mol. The van der Waals surface area contributed by atoms with Crippen LogP contribution in [-0.2, 0) is 0 Å². The van der Waals surface area contributed by atoms with E-state index in [4.69, 9.17) is 9.84 Å². The Hall–Kier alpha value is -2.37. The molecule has 1 aliphatic heterocycles. The Labute approximate surface area is 113 Å². The second kappa shape index (κ2) is 4.06. The number of nitrogens with zero attached hydrogens (tertiary/aromatic N) is 1. The van der Waals surface area contributed by atoms with E-state index in [0.717, 1.165) is 0 Å². The number of ether oxygens (including phenoxy) is 1. The fourth-order valence-corrected chi connectivity index (χ4v) is 2.51. The summed E-state index contributed by atoms with van der Waals surface area (Å²) in [5.74, 6) is -1.78. The van der Waals surface area contributed by atoms with E-state index < -0.39 is 17.2 Å². The maximum absolute atomic E-state index is 14.1. The van der Waals surface area contributed by atoms with Crippen LogP contribution >= 0.6 is 0 Å². The van der Waals surface area contributed by atoms with E-state index in [-0.39, 0.29) is 34.9 Å². The molecule has 0 amide bonds. The molecule has 1 aromatic carbocycles. The highest BCUT2D eigenvalue weighted by atomic mass is 19.1. The molecule has 0 spiro atoms. The second-order valence-corrected chi connectivity index (χ2v) is 4.98. The maximum atomic E-state index is 14.1. The highest BCUT2D eigenvalue weighted by Crippen LogP contribution is 2.35. The number of carbonyl (C=O) groups is 1. The van der Waals surface area contributed by atoms with Crippen LogP contribution in [0.2, 0.25) is 0 Å². The van der Waals surface area contributed by atoms with E-state index in [2.05, 4.69) is 0 Å². The zero-order valence-electron chi connectivity index (χ0n) is 10.9. The zero-order chi connectivity index (χ0) is 14.6. The number of rotatable bonds is 1. The third-order valence-electron chi connectivity index (χ3n) is 3.57. The lowest BCUT2D eigenvalue weighted by Crippen LogP contribution is -2.27. The van der Waals surface area contributed by atoms with Gasteiger partial charge in [0, 0.05) is 6.20 Å². The van der Waals surface area contributed by atoms with E-state index in [1.54, 1.807) is 4.57 Å². The molecule has 0 bridgehead atoms. The van der Waals surface area contributed by atoms with Gasteiger partial charge in [-0.1, -0.05) is 0 Å². The average molecular weight is 277 g/mol. The minimum absolute atomic E-state index is 0.0205. The summed E-state index contributed by atoms with van der Waals surface area (Å²) in [6.45, 7) is 3.56. The van der Waals surface area contributed by atoms with Crippen molar-refractivity contribution in [2.75, 3.05) is 6.61 Å². The standard InChI is InChI=1S/C14H12FNO4/c1-6-3-8-11-13(10(6)15)20-5-7(2)16(11)4-9(12(8)17)14(18)19/h3-4,7H,5H2,1-2H3,(H,18,19). The van der Waals surface area contributed by atoms with Crippen LogP contribution in [0, 0.1) is 12.7 Å². The molecule has 1 N–H and O–H groups in total. The smallest absolute Gasteiger partial charge is 0.341 e. The molecule has 0 fully saturated rings. The maximum Gasteiger partial charge on any atom is 0.341 e. The largest absolute Gasteiger partial charge is 0.486 e. The van der Waals surface area contributed by atoms with Gasteiger partial charge in [0.2, 0.25) is 5.43 Å². The van der Waals surface area contributed by atoms with Crippen LogP contribution in [0.5, 0.6) is 5.75 Å². The molecule has 1 aromatic heterocycles. The number of carboxylic acid groups (broad SMARTS) is 1. The lowest BCUT2D eigenvalue weighted by atomic mass is 10.0. The predicted octanol–water partition coefficient (Wildman–Crippen LogP) is 2.10. The van der Waals surface area contributed by atoms with Gasteiger partial charge in [-0.3, -0.25) is 4.79 Å². The van der Waals surface area contributed by atoms with Crippen molar-refractivity contribution in [1.82, 2.24) is 4.57 Å². The summed E-state index contributed by atoms with van der Waals surface area (Å²) in [7, 11) is 0. The number of hydrogen-bond acceptors (Lipinski definition) is 3. The first-order valence-electron chi connectivity index (χ1n) is 6.16. The first kappa shape index (κ1) is 12.7. The number of aromatic nitrogens is 1. The van der Waals surface area contributed by atoms with E-state index in [0.29, 0.717) is 5.52 Å². The fourth-order valence-electron chi connectivity index (χ4n) is 2.51. The van der Waals surface area contributed by atoms with Crippen molar-refractivity contribution < 1.29 is 19.0 Å². The molecule has 0 saturated heterocycles. The van der Waals surface area contributed by atoms with Gasteiger partial charge in [0.25, 0.3) is 0 Å². The normalized spacial score (nSPS) is 17.1. The molecule has 104 valence electrons. The minimum Gasteiger partial charge on any atom is -0.486 e. The van der Waals surface area contributed by atoms with Crippen LogP contribution in [0.25, 0.3) is 10.9 Å². The Morgan fingerprint density at radius 2 is 2.25 bits per heavy atom. The SMILES string of the molecule is Cc1cc2c(=O)c(C(=O)O)cn3c2c(c1F)OCC3C. The zero-order valence-corrected chi connectivity index (χ0v) is 10.9. The molecule has 1 unspecified atom stereocenters. The molecule has 1 atom stereocenters. The lowest BCUT2D eigenvalue weighted by molar-refractivity contribution is 0.0694. The van der Waals surface area contributed by atoms with Crippen molar-refractivity contribution in [3.8, 4) is 5.75 Å². The Bertz CT molecular complexity index is 809. The second-order valence-electron chi connectivity index (χ2n) is 4.98. The molecule has 2 heterocycles. The molecule has 0 radical (unpaired) electrons. The van der Waals surface area contributed by atoms with Crippen LogP contribution in [0.3, 0.4) is 0 Å². The van der Waals surface area contributed by atoms with Gasteiger partial charge in [0.1, 0.15) is 12.2 Å². The number of aromatic carboxylic acids is 1. The number of benzene rings is 1. The van der Waals surface area contributed by atoms with Crippen LogP contribution in [0.1, 0.15) is 28.9 Å². The molecule has 6 heteroatoms. The highest BCUT2D eigenvalue weighted by molar-refractivity contribution is 5.95. The van der Waals surface area contributed by atoms with Crippen molar-refractivity contribution in [1.29, 1.82) is 0 Å². The molecular weight excluding hydrogens is 265 g/mol. The van der Waals surface area contributed by atoms with Gasteiger partial charge in [0.05, 0.1) is 16.9 Å². The Balaban J connectivity index is 2.57. The van der Waals surface area contributed by atoms with E-state index in [9.17, 15) is 14.0 Å². The molecule has 1 aliphatic rings. The predicted molar refractivity (Wildman–Crippen MR) is 70.1 cm³/mol. The average Bonchev–Trinajstić information content (AvgIpc) is 2.39. The van der Waals surface area contributed by atoms with Gasteiger partial charge in [-0.05, 0) is 25.5 Å². The Morgan fingerprint density at radius 1 is 1.55 bits per heavy atom. The van der Waals surface area contributed by atoms with Gasteiger partial charge >= 0.3 is 5.97 Å².